The molecule has 0 saturated carbocycles. The quantitative estimate of drug-likeness (QED) is 0.329. The van der Waals surface area contributed by atoms with Crippen LogP contribution in [-0.4, -0.2) is 40.1 Å². The van der Waals surface area contributed by atoms with Crippen LogP contribution in [0.2, 0.25) is 0 Å². The molecule has 0 aromatic rings. The van der Waals surface area contributed by atoms with Crippen molar-refractivity contribution in [2.24, 2.45) is 0 Å². The van der Waals surface area contributed by atoms with Gasteiger partial charge in [-0.25, -0.2) is 4.57 Å². The highest BCUT2D eigenvalue weighted by Gasteiger charge is 2.13. The van der Waals surface area contributed by atoms with Crippen molar-refractivity contribution in [1.82, 2.24) is 5.32 Å². The summed E-state index contributed by atoms with van der Waals surface area (Å²) in [4.78, 5) is 27.1. The van der Waals surface area contributed by atoms with E-state index in [1.165, 1.54) is 6.92 Å². The molecule has 0 rings (SSSR count). The number of hydrogen-bond acceptors (Lipinski definition) is 4. The van der Waals surface area contributed by atoms with Crippen LogP contribution in [0.1, 0.15) is 6.92 Å². The Hall–Kier alpha value is -0.460. The van der Waals surface area contributed by atoms with Gasteiger partial charge < -0.3 is 20.2 Å². The Morgan fingerprint density at radius 2 is 2.15 bits per heavy atom. The van der Waals surface area contributed by atoms with Gasteiger partial charge in [0.1, 0.15) is 6.10 Å². The van der Waals surface area contributed by atoms with Crippen molar-refractivity contribution in [2.75, 3.05) is 13.2 Å². The number of carbonyl (C=O) groups excluding carboxylic acids is 1. The van der Waals surface area contributed by atoms with Crippen molar-refractivity contribution in [2.45, 2.75) is 13.0 Å². The first-order valence-corrected chi connectivity index (χ1v) is 5.02. The highest BCUT2D eigenvalue weighted by molar-refractivity contribution is 7.46. The van der Waals surface area contributed by atoms with Crippen LogP contribution in [-0.2, 0) is 13.9 Å². The number of aliphatic hydroxyl groups excluding tert-OH is 1. The number of rotatable bonds is 5. The largest absolute Gasteiger partial charge is 0.469 e. The minimum absolute atomic E-state index is 0.0607. The van der Waals surface area contributed by atoms with Gasteiger partial charge in [-0.1, -0.05) is 0 Å². The van der Waals surface area contributed by atoms with Gasteiger partial charge in [0.05, 0.1) is 6.61 Å². The fourth-order valence-corrected chi connectivity index (χ4v) is 0.816. The Morgan fingerprint density at radius 3 is 2.54 bits per heavy atom. The lowest BCUT2D eigenvalue weighted by Gasteiger charge is -2.07. The average Bonchev–Trinajstić information content (AvgIpc) is 1.95. The van der Waals surface area contributed by atoms with E-state index in [0.29, 0.717) is 0 Å². The maximum Gasteiger partial charge on any atom is 0.469 e. The molecule has 1 amide bonds. The van der Waals surface area contributed by atoms with Gasteiger partial charge in [-0.15, -0.1) is 0 Å². The predicted octanol–water partition coefficient (Wildman–Crippen LogP) is -1.41. The molecule has 0 heterocycles. The van der Waals surface area contributed by atoms with E-state index in [-0.39, 0.29) is 13.2 Å². The van der Waals surface area contributed by atoms with Gasteiger partial charge in [-0.3, -0.25) is 9.32 Å². The van der Waals surface area contributed by atoms with E-state index >= 15 is 0 Å². The van der Waals surface area contributed by atoms with E-state index in [1.54, 1.807) is 0 Å². The van der Waals surface area contributed by atoms with E-state index in [4.69, 9.17) is 14.9 Å². The summed E-state index contributed by atoms with van der Waals surface area (Å²) in [6, 6.07) is 0. The molecule has 0 bridgehead atoms. The van der Waals surface area contributed by atoms with Crippen LogP contribution >= 0.6 is 7.82 Å². The summed E-state index contributed by atoms with van der Waals surface area (Å²) in [6.45, 7) is 0.913. The summed E-state index contributed by atoms with van der Waals surface area (Å²) < 4.78 is 14.1. The minimum Gasteiger partial charge on any atom is -0.384 e. The summed E-state index contributed by atoms with van der Waals surface area (Å²) >= 11 is 0. The van der Waals surface area contributed by atoms with Gasteiger partial charge in [0, 0.05) is 6.54 Å². The van der Waals surface area contributed by atoms with Crippen LogP contribution in [0.15, 0.2) is 0 Å². The van der Waals surface area contributed by atoms with E-state index in [2.05, 4.69) is 9.84 Å². The van der Waals surface area contributed by atoms with Crippen molar-refractivity contribution >= 4 is 13.7 Å². The molecule has 0 aliphatic heterocycles. The third-order valence-electron chi connectivity index (χ3n) is 1.04. The molecule has 0 radical (unpaired) electrons. The zero-order valence-corrected chi connectivity index (χ0v) is 7.90. The Morgan fingerprint density at radius 1 is 1.62 bits per heavy atom. The van der Waals surface area contributed by atoms with Gasteiger partial charge in [0.15, 0.2) is 0 Å². The highest BCUT2D eigenvalue weighted by Crippen LogP contribution is 2.34. The zero-order chi connectivity index (χ0) is 10.5. The van der Waals surface area contributed by atoms with Crippen molar-refractivity contribution in [3.8, 4) is 0 Å². The lowest BCUT2D eigenvalue weighted by molar-refractivity contribution is -0.128. The van der Waals surface area contributed by atoms with Gasteiger partial charge in [0.2, 0.25) is 5.91 Å². The molecule has 0 aliphatic rings. The van der Waals surface area contributed by atoms with Crippen LogP contribution in [0, 0.1) is 0 Å². The first kappa shape index (κ1) is 12.5. The molecule has 0 fully saturated rings. The summed E-state index contributed by atoms with van der Waals surface area (Å²) in [5.41, 5.74) is 0. The van der Waals surface area contributed by atoms with Crippen molar-refractivity contribution in [1.29, 1.82) is 0 Å². The first-order chi connectivity index (χ1) is 5.83. The fourth-order valence-electron chi connectivity index (χ4n) is 0.486. The average molecular weight is 213 g/mol. The number of aliphatic hydroxyl groups is 1. The number of hydrogen-bond donors (Lipinski definition) is 4. The number of phosphoric acid groups is 1. The lowest BCUT2D eigenvalue weighted by atomic mass is 10.4. The SMILES string of the molecule is CC(O)C(=O)NCCOP(=O)(O)O. The Balaban J connectivity index is 3.47. The van der Waals surface area contributed by atoms with Gasteiger partial charge in [-0.05, 0) is 6.92 Å². The van der Waals surface area contributed by atoms with E-state index in [0.717, 1.165) is 0 Å². The molecule has 0 aromatic heterocycles. The number of carbonyl (C=O) groups is 1. The number of amides is 1. The van der Waals surface area contributed by atoms with Crippen LogP contribution in [0.3, 0.4) is 0 Å². The van der Waals surface area contributed by atoms with Gasteiger partial charge >= 0.3 is 7.82 Å². The number of phosphoric ester groups is 1. The Bertz CT molecular complexity index is 211. The highest BCUT2D eigenvalue weighted by atomic mass is 31.2. The summed E-state index contributed by atoms with van der Waals surface area (Å²) in [5, 5.41) is 10.9. The Labute approximate surface area is 75.0 Å². The van der Waals surface area contributed by atoms with Gasteiger partial charge in [-0.2, -0.15) is 0 Å². The topological polar surface area (TPSA) is 116 Å². The lowest BCUT2D eigenvalue weighted by Crippen LogP contribution is -2.34. The molecule has 0 aliphatic carbocycles. The fraction of sp³-hybridized carbons (Fsp3) is 0.800. The molecule has 1 atom stereocenters. The van der Waals surface area contributed by atoms with Crippen molar-refractivity contribution in [3.63, 3.8) is 0 Å². The Kier molecular flexibility index (Phi) is 5.12. The minimum atomic E-state index is -4.46. The van der Waals surface area contributed by atoms with E-state index in [1.807, 2.05) is 0 Å². The van der Waals surface area contributed by atoms with E-state index in [9.17, 15) is 9.36 Å². The molecule has 13 heavy (non-hydrogen) atoms. The number of nitrogens with one attached hydrogen (secondary N) is 1. The molecular formula is C5H12NO6P. The molecule has 8 heteroatoms. The molecule has 0 spiro atoms. The molecule has 1 unspecified atom stereocenters. The first-order valence-electron chi connectivity index (χ1n) is 3.49. The second-order valence-corrected chi connectivity index (χ2v) is 3.53. The van der Waals surface area contributed by atoms with Crippen LogP contribution in [0.4, 0.5) is 0 Å². The van der Waals surface area contributed by atoms with Crippen LogP contribution in [0.5, 0.6) is 0 Å². The molecule has 7 nitrogen and oxygen atoms in total. The summed E-state index contributed by atoms with van der Waals surface area (Å²) in [7, 11) is -4.46. The molecule has 4 N–H and O–H groups in total. The summed E-state index contributed by atoms with van der Waals surface area (Å²) in [5.74, 6) is -0.616. The maximum absolute atomic E-state index is 10.7. The summed E-state index contributed by atoms with van der Waals surface area (Å²) in [6.07, 6.45) is -1.14. The van der Waals surface area contributed by atoms with E-state index < -0.39 is 19.8 Å². The second-order valence-electron chi connectivity index (χ2n) is 2.29. The second kappa shape index (κ2) is 5.31. The molecular weight excluding hydrogens is 201 g/mol. The van der Waals surface area contributed by atoms with Crippen molar-refractivity contribution < 1.29 is 28.8 Å². The van der Waals surface area contributed by atoms with Crippen molar-refractivity contribution in [3.05, 3.63) is 0 Å². The maximum atomic E-state index is 10.7. The smallest absolute Gasteiger partial charge is 0.384 e. The molecule has 0 aromatic carbocycles. The molecule has 78 valence electrons. The van der Waals surface area contributed by atoms with Crippen LogP contribution < -0.4 is 5.32 Å². The normalized spacial score (nSPS) is 13.8. The monoisotopic (exact) mass is 213 g/mol. The van der Waals surface area contributed by atoms with Crippen LogP contribution in [0.25, 0.3) is 0 Å². The zero-order valence-electron chi connectivity index (χ0n) is 7.01. The molecule has 0 saturated heterocycles. The van der Waals surface area contributed by atoms with Gasteiger partial charge in [0.25, 0.3) is 0 Å². The third kappa shape index (κ3) is 7.89. The predicted molar refractivity (Wildman–Crippen MR) is 42.7 cm³/mol. The third-order valence-corrected chi connectivity index (χ3v) is 1.56. The standard InChI is InChI=1S/C5H12NO6P/c1-4(7)5(8)6-2-3-12-13(9,10)11/h4,7H,2-3H2,1H3,(H,6,8)(H2,9,10,11).